The fraction of sp³-hybridized carbons (Fsp3) is 0.320. The van der Waals surface area contributed by atoms with Crippen molar-refractivity contribution in [2.45, 2.75) is 31.8 Å². The maximum atomic E-state index is 12.6. The number of likely N-dealkylation sites (tertiary alicyclic amines) is 1. The van der Waals surface area contributed by atoms with E-state index in [1.54, 1.807) is 42.5 Å². The molecule has 1 aliphatic heterocycles. The zero-order chi connectivity index (χ0) is 27.7. The van der Waals surface area contributed by atoms with Crippen LogP contribution in [0.1, 0.15) is 29.3 Å². The molecule has 0 aromatic heterocycles. The zero-order valence-electron chi connectivity index (χ0n) is 20.6. The number of anilines is 1. The van der Waals surface area contributed by atoms with Gasteiger partial charge in [-0.25, -0.2) is 4.79 Å². The van der Waals surface area contributed by atoms with Crippen molar-refractivity contribution in [2.75, 3.05) is 26.1 Å². The van der Waals surface area contributed by atoms with Crippen LogP contribution in [0.2, 0.25) is 0 Å². The van der Waals surface area contributed by atoms with E-state index in [2.05, 4.69) is 5.32 Å². The summed E-state index contributed by atoms with van der Waals surface area (Å²) in [5, 5.41) is 20.3. The highest BCUT2D eigenvalue weighted by Crippen LogP contribution is 2.29. The Morgan fingerprint density at radius 1 is 1.08 bits per heavy atom. The lowest BCUT2D eigenvalue weighted by atomic mass is 10.1. The molecule has 0 radical (unpaired) electrons. The first-order valence-electron chi connectivity index (χ1n) is 11.1. The van der Waals surface area contributed by atoms with Crippen LogP contribution in [0.3, 0.4) is 0 Å². The SMILES string of the molecule is CC(=O)N1CC(=S)C[C@H]1C(=O)O.COc1cccc(OC)c1C(=O)Nc1ccc(C[C@H](N)C(=O)O)cc1. The van der Waals surface area contributed by atoms with E-state index in [9.17, 15) is 19.2 Å². The van der Waals surface area contributed by atoms with Crippen molar-refractivity contribution in [3.8, 4) is 11.5 Å². The largest absolute Gasteiger partial charge is 0.496 e. The lowest BCUT2D eigenvalue weighted by Crippen LogP contribution is -2.39. The summed E-state index contributed by atoms with van der Waals surface area (Å²) in [5.74, 6) is -1.83. The van der Waals surface area contributed by atoms with Crippen molar-refractivity contribution in [1.29, 1.82) is 0 Å². The number of aliphatic carboxylic acids is 2. The van der Waals surface area contributed by atoms with E-state index in [-0.39, 0.29) is 18.2 Å². The van der Waals surface area contributed by atoms with Gasteiger partial charge in [0.25, 0.3) is 5.91 Å². The van der Waals surface area contributed by atoms with Crippen LogP contribution in [-0.4, -0.2) is 76.6 Å². The fourth-order valence-electron chi connectivity index (χ4n) is 3.58. The number of hydrogen-bond acceptors (Lipinski definition) is 8. The number of nitrogens with zero attached hydrogens (tertiary/aromatic N) is 1. The van der Waals surface area contributed by atoms with Gasteiger partial charge in [0.05, 0.1) is 20.8 Å². The van der Waals surface area contributed by atoms with Crippen LogP contribution in [-0.2, 0) is 20.8 Å². The summed E-state index contributed by atoms with van der Waals surface area (Å²) in [6.07, 6.45) is 0.522. The van der Waals surface area contributed by atoms with Crippen LogP contribution in [0.4, 0.5) is 5.69 Å². The highest BCUT2D eigenvalue weighted by Gasteiger charge is 2.35. The molecule has 0 saturated carbocycles. The number of carboxylic acids is 2. The molecule has 11 nitrogen and oxygen atoms in total. The topological polar surface area (TPSA) is 168 Å². The molecule has 1 heterocycles. The van der Waals surface area contributed by atoms with Gasteiger partial charge < -0.3 is 35.6 Å². The van der Waals surface area contributed by atoms with Crippen LogP contribution in [0.15, 0.2) is 42.5 Å². The number of hydrogen-bond donors (Lipinski definition) is 4. The molecule has 2 aromatic carbocycles. The highest BCUT2D eigenvalue weighted by atomic mass is 32.1. The maximum absolute atomic E-state index is 12.6. The Bertz CT molecular complexity index is 1120. The van der Waals surface area contributed by atoms with E-state index in [0.717, 1.165) is 5.56 Å². The van der Waals surface area contributed by atoms with E-state index in [4.69, 9.17) is 37.6 Å². The molecule has 0 bridgehead atoms. The van der Waals surface area contributed by atoms with E-state index in [0.29, 0.717) is 40.6 Å². The van der Waals surface area contributed by atoms with Gasteiger partial charge >= 0.3 is 11.9 Å². The van der Waals surface area contributed by atoms with E-state index < -0.39 is 24.0 Å². The smallest absolute Gasteiger partial charge is 0.326 e. The number of carbonyl (C=O) groups is 4. The number of benzene rings is 2. The summed E-state index contributed by atoms with van der Waals surface area (Å²) in [6, 6.07) is 10.2. The summed E-state index contributed by atoms with van der Waals surface area (Å²) < 4.78 is 10.4. The minimum atomic E-state index is -1.05. The van der Waals surface area contributed by atoms with Crippen molar-refractivity contribution < 1.29 is 38.9 Å². The molecular formula is C25H29N3O8S. The number of ether oxygens (including phenoxy) is 2. The Morgan fingerprint density at radius 3 is 2.08 bits per heavy atom. The first-order valence-corrected chi connectivity index (χ1v) is 11.5. The van der Waals surface area contributed by atoms with Gasteiger partial charge in [0.2, 0.25) is 5.91 Å². The van der Waals surface area contributed by atoms with Gasteiger partial charge in [-0.05, 0) is 36.2 Å². The van der Waals surface area contributed by atoms with Gasteiger partial charge in [0.1, 0.15) is 29.1 Å². The third kappa shape index (κ3) is 7.98. The van der Waals surface area contributed by atoms with Gasteiger partial charge in [0.15, 0.2) is 0 Å². The minimum Gasteiger partial charge on any atom is -0.496 e. The number of methoxy groups -OCH3 is 2. The fourth-order valence-corrected chi connectivity index (χ4v) is 3.87. The molecule has 0 unspecified atom stereocenters. The van der Waals surface area contributed by atoms with Gasteiger partial charge in [0, 0.05) is 23.9 Å². The van der Waals surface area contributed by atoms with Crippen LogP contribution in [0.5, 0.6) is 11.5 Å². The molecule has 2 aromatic rings. The second-order valence-corrected chi connectivity index (χ2v) is 8.66. The quantitative estimate of drug-likeness (QED) is 0.370. The lowest BCUT2D eigenvalue weighted by Gasteiger charge is -2.18. The van der Waals surface area contributed by atoms with Crippen LogP contribution in [0, 0.1) is 0 Å². The van der Waals surface area contributed by atoms with Crippen molar-refractivity contribution in [3.05, 3.63) is 53.6 Å². The predicted molar refractivity (Wildman–Crippen MR) is 139 cm³/mol. The molecule has 37 heavy (non-hydrogen) atoms. The monoisotopic (exact) mass is 531 g/mol. The van der Waals surface area contributed by atoms with E-state index in [1.165, 1.54) is 26.0 Å². The third-order valence-corrected chi connectivity index (χ3v) is 5.77. The van der Waals surface area contributed by atoms with Crippen LogP contribution in [0.25, 0.3) is 0 Å². The Balaban J connectivity index is 0.000000335. The summed E-state index contributed by atoms with van der Waals surface area (Å²) in [4.78, 5) is 46.8. The van der Waals surface area contributed by atoms with Crippen LogP contribution >= 0.6 is 12.2 Å². The van der Waals surface area contributed by atoms with E-state index >= 15 is 0 Å². The molecule has 2 atom stereocenters. The maximum Gasteiger partial charge on any atom is 0.326 e. The van der Waals surface area contributed by atoms with Gasteiger partial charge in [-0.15, -0.1) is 0 Å². The van der Waals surface area contributed by atoms with Gasteiger partial charge in [-0.3, -0.25) is 14.4 Å². The molecule has 0 spiro atoms. The molecule has 5 N–H and O–H groups in total. The molecule has 3 rings (SSSR count). The summed E-state index contributed by atoms with van der Waals surface area (Å²) in [6.45, 7) is 1.66. The first kappa shape index (κ1) is 29.2. The standard InChI is InChI=1S/C18H20N2O5.C7H9NO3S/c1-24-14-4-3-5-15(25-2)16(14)17(21)20-12-8-6-11(7-9-12)10-13(19)18(22)23;1-4(9)8-3-5(12)2-6(8)7(10)11/h3-9,13H,10,19H2,1-2H3,(H,20,21)(H,22,23);6H,2-3H2,1H3,(H,10,11)/t13-;6-/m00/s1. The first-order chi connectivity index (χ1) is 17.5. The Kier molecular flexibility index (Phi) is 10.5. The van der Waals surface area contributed by atoms with Crippen molar-refractivity contribution >= 4 is 46.5 Å². The van der Waals surface area contributed by atoms with Gasteiger partial charge in [-0.1, -0.05) is 30.4 Å². The summed E-state index contributed by atoms with van der Waals surface area (Å²) >= 11 is 4.85. The number of carboxylic acid groups (broad SMARTS) is 2. The average Bonchev–Trinajstić information content (AvgIpc) is 3.27. The number of carbonyl (C=O) groups excluding carboxylic acids is 2. The average molecular weight is 532 g/mol. The Hall–Kier alpha value is -4.03. The normalized spacial score (nSPS) is 15.2. The molecule has 198 valence electrons. The molecule has 1 fully saturated rings. The lowest BCUT2D eigenvalue weighted by molar-refractivity contribution is -0.147. The molecule has 1 aliphatic rings. The van der Waals surface area contributed by atoms with Gasteiger partial charge in [-0.2, -0.15) is 0 Å². The highest BCUT2D eigenvalue weighted by molar-refractivity contribution is 7.80. The minimum absolute atomic E-state index is 0.212. The van der Waals surface area contributed by atoms with Crippen molar-refractivity contribution in [3.63, 3.8) is 0 Å². The molecule has 1 saturated heterocycles. The molecule has 12 heteroatoms. The number of amides is 2. The summed E-state index contributed by atoms with van der Waals surface area (Å²) in [7, 11) is 2.96. The van der Waals surface area contributed by atoms with Crippen molar-refractivity contribution in [2.24, 2.45) is 5.73 Å². The number of nitrogens with two attached hydrogens (primary N) is 1. The molecular weight excluding hydrogens is 502 g/mol. The molecule has 2 amide bonds. The van der Waals surface area contributed by atoms with Crippen LogP contribution < -0.4 is 20.5 Å². The number of thiocarbonyl (C=S) groups is 1. The second kappa shape index (κ2) is 13.3. The Labute approximate surface area is 219 Å². The third-order valence-electron chi connectivity index (χ3n) is 5.47. The van der Waals surface area contributed by atoms with E-state index in [1.807, 2.05) is 0 Å². The Morgan fingerprint density at radius 2 is 1.65 bits per heavy atom. The molecule has 0 aliphatic carbocycles. The zero-order valence-corrected chi connectivity index (χ0v) is 21.4. The predicted octanol–water partition coefficient (Wildman–Crippen LogP) is 1.97. The number of rotatable bonds is 8. The van der Waals surface area contributed by atoms with Crippen molar-refractivity contribution in [1.82, 2.24) is 4.90 Å². The number of nitrogens with one attached hydrogen (secondary N) is 1. The summed E-state index contributed by atoms with van der Waals surface area (Å²) in [5.41, 5.74) is 7.13. The second-order valence-electron chi connectivity index (χ2n) is 8.08.